The number of aromatic nitrogens is 2. The lowest BCUT2D eigenvalue weighted by atomic mass is 10.2. The second-order valence-electron chi connectivity index (χ2n) is 8.25. The van der Waals surface area contributed by atoms with Gasteiger partial charge in [-0.1, -0.05) is 6.08 Å². The van der Waals surface area contributed by atoms with Crippen molar-refractivity contribution in [3.8, 4) is 11.5 Å². The van der Waals surface area contributed by atoms with Crippen molar-refractivity contribution in [2.24, 2.45) is 0 Å². The number of esters is 1. The summed E-state index contributed by atoms with van der Waals surface area (Å²) in [6, 6.07) is 7.75. The molecule has 0 fully saturated rings. The molecule has 0 aromatic carbocycles. The summed E-state index contributed by atoms with van der Waals surface area (Å²) in [5, 5.41) is 0. The smallest absolute Gasteiger partial charge is 0.321 e. The zero-order valence-electron chi connectivity index (χ0n) is 20.0. The van der Waals surface area contributed by atoms with Crippen molar-refractivity contribution in [1.29, 1.82) is 0 Å². The Bertz CT molecular complexity index is 1100. The minimum Gasteiger partial charge on any atom is -0.465 e. The summed E-state index contributed by atoms with van der Waals surface area (Å²) in [6.07, 6.45) is 6.20. The van der Waals surface area contributed by atoms with Crippen LogP contribution in [0.1, 0.15) is 43.7 Å². The Morgan fingerprint density at radius 2 is 2.00 bits per heavy atom. The SMILES string of the molecule is CCOC(=O)C(C)(C)SCC=Cc1ccc(Cc2nc(-c3ccc(N(C)C)nc3)oc2C)o1. The van der Waals surface area contributed by atoms with Gasteiger partial charge in [-0.25, -0.2) is 9.97 Å². The van der Waals surface area contributed by atoms with Gasteiger partial charge in [0.25, 0.3) is 0 Å². The maximum absolute atomic E-state index is 12.0. The quantitative estimate of drug-likeness (QED) is 0.366. The van der Waals surface area contributed by atoms with Crippen LogP contribution >= 0.6 is 11.8 Å². The molecule has 0 spiro atoms. The maximum Gasteiger partial charge on any atom is 0.321 e. The number of anilines is 1. The molecule has 0 atom stereocenters. The van der Waals surface area contributed by atoms with Gasteiger partial charge in [-0.05, 0) is 58.0 Å². The molecule has 33 heavy (non-hydrogen) atoms. The van der Waals surface area contributed by atoms with E-state index in [1.54, 1.807) is 6.20 Å². The molecule has 3 rings (SSSR count). The van der Waals surface area contributed by atoms with Crippen LogP contribution in [0.3, 0.4) is 0 Å². The molecule has 3 heterocycles. The molecule has 0 aliphatic carbocycles. The van der Waals surface area contributed by atoms with Crippen LogP contribution in [-0.4, -0.2) is 47.1 Å². The highest BCUT2D eigenvalue weighted by atomic mass is 32.2. The summed E-state index contributed by atoms with van der Waals surface area (Å²) < 4.78 is 16.3. The maximum atomic E-state index is 12.0. The summed E-state index contributed by atoms with van der Waals surface area (Å²) in [7, 11) is 3.90. The van der Waals surface area contributed by atoms with E-state index in [9.17, 15) is 4.79 Å². The summed E-state index contributed by atoms with van der Waals surface area (Å²) in [4.78, 5) is 23.0. The number of pyridine rings is 1. The molecule has 3 aromatic heterocycles. The zero-order chi connectivity index (χ0) is 24.0. The zero-order valence-corrected chi connectivity index (χ0v) is 20.9. The third-order valence-corrected chi connectivity index (χ3v) is 6.21. The Morgan fingerprint density at radius 1 is 1.21 bits per heavy atom. The topological polar surface area (TPSA) is 81.6 Å². The van der Waals surface area contributed by atoms with E-state index < -0.39 is 4.75 Å². The predicted molar refractivity (Wildman–Crippen MR) is 133 cm³/mol. The van der Waals surface area contributed by atoms with Crippen LogP contribution < -0.4 is 4.90 Å². The van der Waals surface area contributed by atoms with E-state index in [2.05, 4.69) is 9.97 Å². The van der Waals surface area contributed by atoms with Gasteiger partial charge in [0.2, 0.25) is 5.89 Å². The highest BCUT2D eigenvalue weighted by Gasteiger charge is 2.29. The first kappa shape index (κ1) is 24.6. The second kappa shape index (κ2) is 10.7. The first-order valence-electron chi connectivity index (χ1n) is 10.9. The Labute approximate surface area is 199 Å². The highest BCUT2D eigenvalue weighted by molar-refractivity contribution is 8.01. The summed E-state index contributed by atoms with van der Waals surface area (Å²) in [5.41, 5.74) is 1.67. The Kier molecular flexibility index (Phi) is 8.02. The van der Waals surface area contributed by atoms with Crippen molar-refractivity contribution >= 4 is 29.6 Å². The monoisotopic (exact) mass is 469 g/mol. The Morgan fingerprint density at radius 3 is 2.67 bits per heavy atom. The van der Waals surface area contributed by atoms with Gasteiger partial charge in [-0.15, -0.1) is 11.8 Å². The molecule has 0 aliphatic heterocycles. The molecule has 0 saturated carbocycles. The molecule has 176 valence electrons. The summed E-state index contributed by atoms with van der Waals surface area (Å²) in [5.74, 6) is 4.22. The first-order valence-corrected chi connectivity index (χ1v) is 11.8. The van der Waals surface area contributed by atoms with Gasteiger partial charge in [0.1, 0.15) is 27.8 Å². The molecule has 0 unspecified atom stereocenters. The molecule has 0 aliphatic rings. The average molecular weight is 470 g/mol. The van der Waals surface area contributed by atoms with E-state index in [1.165, 1.54) is 11.8 Å². The lowest BCUT2D eigenvalue weighted by Gasteiger charge is -2.20. The number of carbonyl (C=O) groups is 1. The molecule has 3 aromatic rings. The number of rotatable bonds is 10. The van der Waals surface area contributed by atoms with E-state index >= 15 is 0 Å². The van der Waals surface area contributed by atoms with Gasteiger partial charge in [0.15, 0.2) is 0 Å². The number of oxazole rings is 1. The largest absolute Gasteiger partial charge is 0.465 e. The van der Waals surface area contributed by atoms with Crippen molar-refractivity contribution in [2.45, 2.75) is 38.9 Å². The van der Waals surface area contributed by atoms with Gasteiger partial charge in [0.05, 0.1) is 24.3 Å². The van der Waals surface area contributed by atoms with Gasteiger partial charge in [-0.3, -0.25) is 4.79 Å². The number of aryl methyl sites for hydroxylation is 1. The lowest BCUT2D eigenvalue weighted by Crippen LogP contribution is -2.30. The van der Waals surface area contributed by atoms with Crippen LogP contribution in [0.2, 0.25) is 0 Å². The number of hydrogen-bond acceptors (Lipinski definition) is 8. The second-order valence-corrected chi connectivity index (χ2v) is 9.89. The number of thioether (sulfide) groups is 1. The number of ether oxygens (including phenoxy) is 1. The molecular weight excluding hydrogens is 438 g/mol. The van der Waals surface area contributed by atoms with Crippen LogP contribution in [-0.2, 0) is 16.0 Å². The first-order chi connectivity index (χ1) is 15.7. The van der Waals surface area contributed by atoms with Gasteiger partial charge >= 0.3 is 5.97 Å². The van der Waals surface area contributed by atoms with Gasteiger partial charge < -0.3 is 18.5 Å². The number of nitrogens with zero attached hydrogens (tertiary/aromatic N) is 3. The van der Waals surface area contributed by atoms with Crippen LogP contribution in [0.5, 0.6) is 0 Å². The van der Waals surface area contributed by atoms with Crippen molar-refractivity contribution in [3.63, 3.8) is 0 Å². The lowest BCUT2D eigenvalue weighted by molar-refractivity contribution is -0.145. The number of carbonyl (C=O) groups excluding carboxylic acids is 1. The normalized spacial score (nSPS) is 11.8. The minimum atomic E-state index is -0.584. The van der Waals surface area contributed by atoms with Crippen molar-refractivity contribution in [1.82, 2.24) is 9.97 Å². The van der Waals surface area contributed by atoms with E-state index in [-0.39, 0.29) is 5.97 Å². The molecule has 0 bridgehead atoms. The van der Waals surface area contributed by atoms with Crippen molar-refractivity contribution in [2.75, 3.05) is 31.4 Å². The summed E-state index contributed by atoms with van der Waals surface area (Å²) in [6.45, 7) is 7.85. The van der Waals surface area contributed by atoms with Crippen molar-refractivity contribution < 1.29 is 18.4 Å². The van der Waals surface area contributed by atoms with Gasteiger partial charge in [-0.2, -0.15) is 0 Å². The van der Waals surface area contributed by atoms with E-state index in [1.807, 2.05) is 83.1 Å². The van der Waals surface area contributed by atoms with Crippen molar-refractivity contribution in [3.05, 3.63) is 59.5 Å². The molecule has 0 amide bonds. The molecule has 0 radical (unpaired) electrons. The summed E-state index contributed by atoms with van der Waals surface area (Å²) >= 11 is 1.53. The highest BCUT2D eigenvalue weighted by Crippen LogP contribution is 2.27. The average Bonchev–Trinajstić information content (AvgIpc) is 3.38. The van der Waals surface area contributed by atoms with Crippen LogP contribution in [0.25, 0.3) is 17.5 Å². The van der Waals surface area contributed by atoms with E-state index in [0.29, 0.717) is 24.7 Å². The fraction of sp³-hybridized carbons (Fsp3) is 0.400. The fourth-order valence-corrected chi connectivity index (χ4v) is 3.81. The third-order valence-electron chi connectivity index (χ3n) is 4.96. The molecule has 8 heteroatoms. The Hall–Kier alpha value is -3.00. The number of furan rings is 1. The van der Waals surface area contributed by atoms with Gasteiger partial charge in [0, 0.05) is 26.0 Å². The standard InChI is InChI=1S/C25H31N3O4S/c1-7-30-24(29)25(3,4)33-14-8-9-19-11-12-20(32-19)15-21-17(2)31-23(27-21)18-10-13-22(26-16-18)28(5)6/h8-13,16H,7,14-15H2,1-6H3. The fourth-order valence-electron chi connectivity index (χ4n) is 3.02. The molecule has 0 saturated heterocycles. The minimum absolute atomic E-state index is 0.199. The molecule has 0 N–H and O–H groups in total. The van der Waals surface area contributed by atoms with E-state index in [0.717, 1.165) is 34.4 Å². The van der Waals surface area contributed by atoms with E-state index in [4.69, 9.17) is 13.6 Å². The van der Waals surface area contributed by atoms with Crippen LogP contribution in [0.4, 0.5) is 5.82 Å². The molecule has 7 nitrogen and oxygen atoms in total. The van der Waals surface area contributed by atoms with Crippen LogP contribution in [0, 0.1) is 6.92 Å². The Balaban J connectivity index is 1.59. The number of hydrogen-bond donors (Lipinski definition) is 0. The molecular formula is C25H31N3O4S. The predicted octanol–water partition coefficient (Wildman–Crippen LogP) is 5.38. The van der Waals surface area contributed by atoms with Crippen LogP contribution in [0.15, 0.2) is 45.4 Å². The third kappa shape index (κ3) is 6.51.